The highest BCUT2D eigenvalue weighted by Gasteiger charge is 2.15. The van der Waals surface area contributed by atoms with Crippen molar-refractivity contribution in [1.29, 1.82) is 0 Å². The van der Waals surface area contributed by atoms with E-state index in [1.165, 1.54) is 6.07 Å². The minimum atomic E-state index is -0.393. The molecule has 0 aliphatic heterocycles. The lowest BCUT2D eigenvalue weighted by atomic mass is 10.2. The van der Waals surface area contributed by atoms with Crippen molar-refractivity contribution in [1.82, 2.24) is 5.32 Å². The van der Waals surface area contributed by atoms with Gasteiger partial charge in [-0.2, -0.15) is 0 Å². The van der Waals surface area contributed by atoms with Crippen molar-refractivity contribution < 1.29 is 14.6 Å². The van der Waals surface area contributed by atoms with Crippen molar-refractivity contribution in [2.24, 2.45) is 0 Å². The predicted molar refractivity (Wildman–Crippen MR) is 102 cm³/mol. The van der Waals surface area contributed by atoms with Gasteiger partial charge in [0.15, 0.2) is 5.11 Å². The number of phenolic OH excluding ortho intramolecular Hbond substituents is 1. The van der Waals surface area contributed by atoms with E-state index in [-0.39, 0.29) is 10.9 Å². The van der Waals surface area contributed by atoms with Crippen LogP contribution in [0.2, 0.25) is 0 Å². The van der Waals surface area contributed by atoms with E-state index in [4.69, 9.17) is 17.0 Å². The standard InChI is InChI=1S/C17H17BrN2O3S/c1-2-9-23-15-8-7-11(18)10-12(15)16(22)20-17(24)19-13-5-3-4-6-14(13)21/h3-8,10,21H,2,9H2,1H3,(H2,19,20,22,24). The summed E-state index contributed by atoms with van der Waals surface area (Å²) in [4.78, 5) is 12.5. The molecular formula is C17H17BrN2O3S. The Balaban J connectivity index is 2.10. The van der Waals surface area contributed by atoms with Crippen molar-refractivity contribution in [3.63, 3.8) is 0 Å². The number of hydrogen-bond donors (Lipinski definition) is 3. The zero-order chi connectivity index (χ0) is 17.5. The van der Waals surface area contributed by atoms with E-state index in [0.717, 1.165) is 10.9 Å². The molecule has 0 aliphatic rings. The lowest BCUT2D eigenvalue weighted by molar-refractivity contribution is 0.0973. The highest BCUT2D eigenvalue weighted by Crippen LogP contribution is 2.24. The molecule has 0 saturated carbocycles. The van der Waals surface area contributed by atoms with Crippen molar-refractivity contribution in [3.8, 4) is 11.5 Å². The second kappa shape index (κ2) is 8.65. The Hall–Kier alpha value is -2.12. The molecule has 0 spiro atoms. The number of para-hydroxylation sites is 2. The first-order chi connectivity index (χ1) is 11.5. The van der Waals surface area contributed by atoms with Crippen LogP contribution in [-0.2, 0) is 0 Å². The molecule has 1 amide bonds. The first-order valence-corrected chi connectivity index (χ1v) is 8.54. The third kappa shape index (κ3) is 4.94. The molecule has 5 nitrogen and oxygen atoms in total. The summed E-state index contributed by atoms with van der Waals surface area (Å²) in [5, 5.41) is 15.2. The minimum absolute atomic E-state index is 0.0449. The third-order valence-corrected chi connectivity index (χ3v) is 3.72. The van der Waals surface area contributed by atoms with Crippen LogP contribution in [0.4, 0.5) is 5.69 Å². The van der Waals surface area contributed by atoms with Crippen molar-refractivity contribution in [3.05, 3.63) is 52.5 Å². The molecule has 0 radical (unpaired) electrons. The molecule has 0 heterocycles. The van der Waals surface area contributed by atoms with Crippen LogP contribution in [0.25, 0.3) is 0 Å². The van der Waals surface area contributed by atoms with Gasteiger partial charge in [-0.15, -0.1) is 0 Å². The number of aromatic hydroxyl groups is 1. The Bertz CT molecular complexity index is 752. The van der Waals surface area contributed by atoms with Crippen molar-refractivity contribution in [2.45, 2.75) is 13.3 Å². The van der Waals surface area contributed by atoms with Crippen LogP contribution >= 0.6 is 28.1 Å². The lowest BCUT2D eigenvalue weighted by Gasteiger charge is -2.13. The molecule has 0 atom stereocenters. The molecule has 0 bridgehead atoms. The maximum atomic E-state index is 12.5. The summed E-state index contributed by atoms with van der Waals surface area (Å²) in [6, 6.07) is 11.8. The van der Waals surface area contributed by atoms with Crippen molar-refractivity contribution >= 4 is 44.9 Å². The number of carbonyl (C=O) groups excluding carboxylic acids is 1. The third-order valence-electron chi connectivity index (χ3n) is 3.03. The summed E-state index contributed by atoms with van der Waals surface area (Å²) in [6.07, 6.45) is 0.838. The van der Waals surface area contributed by atoms with Gasteiger partial charge in [0.1, 0.15) is 11.5 Å². The number of hydrogen-bond acceptors (Lipinski definition) is 4. The van der Waals surface area contributed by atoms with Crippen LogP contribution in [-0.4, -0.2) is 22.7 Å². The van der Waals surface area contributed by atoms with Crippen LogP contribution in [0.1, 0.15) is 23.7 Å². The van der Waals surface area contributed by atoms with Gasteiger partial charge in [0, 0.05) is 4.47 Å². The number of carbonyl (C=O) groups is 1. The van der Waals surface area contributed by atoms with Crippen molar-refractivity contribution in [2.75, 3.05) is 11.9 Å². The summed E-state index contributed by atoms with van der Waals surface area (Å²) in [6.45, 7) is 2.51. The fraction of sp³-hybridized carbons (Fsp3) is 0.176. The molecule has 7 heteroatoms. The quantitative estimate of drug-likeness (QED) is 0.513. The van der Waals surface area contributed by atoms with E-state index >= 15 is 0 Å². The number of thiocarbonyl (C=S) groups is 1. The van der Waals surface area contributed by atoms with Crippen LogP contribution in [0.3, 0.4) is 0 Å². The smallest absolute Gasteiger partial charge is 0.261 e. The van der Waals surface area contributed by atoms with E-state index in [2.05, 4.69) is 26.6 Å². The molecule has 126 valence electrons. The topological polar surface area (TPSA) is 70.6 Å². The van der Waals surface area contributed by atoms with Gasteiger partial charge in [-0.3, -0.25) is 10.1 Å². The van der Waals surface area contributed by atoms with Crippen LogP contribution < -0.4 is 15.4 Å². The molecule has 0 fully saturated rings. The molecular weight excluding hydrogens is 392 g/mol. The van der Waals surface area contributed by atoms with E-state index in [0.29, 0.717) is 23.6 Å². The Labute approximate surface area is 154 Å². The van der Waals surface area contributed by atoms with Gasteiger partial charge in [-0.25, -0.2) is 0 Å². The highest BCUT2D eigenvalue weighted by molar-refractivity contribution is 9.10. The Morgan fingerprint density at radius 1 is 1.29 bits per heavy atom. The fourth-order valence-corrected chi connectivity index (χ4v) is 2.48. The van der Waals surface area contributed by atoms with Crippen LogP contribution in [0.15, 0.2) is 46.9 Å². The SMILES string of the molecule is CCCOc1ccc(Br)cc1C(=O)NC(=S)Nc1ccccc1O. The van der Waals surface area contributed by atoms with E-state index < -0.39 is 5.91 Å². The molecule has 0 saturated heterocycles. The summed E-state index contributed by atoms with van der Waals surface area (Å²) in [5.74, 6) is 0.141. The van der Waals surface area contributed by atoms with Gasteiger partial charge >= 0.3 is 0 Å². The predicted octanol–water partition coefficient (Wildman–Crippen LogP) is 4.07. The Morgan fingerprint density at radius 2 is 2.04 bits per heavy atom. The number of phenols is 1. The Morgan fingerprint density at radius 3 is 2.75 bits per heavy atom. The molecule has 0 unspecified atom stereocenters. The zero-order valence-electron chi connectivity index (χ0n) is 13.0. The minimum Gasteiger partial charge on any atom is -0.506 e. The van der Waals surface area contributed by atoms with Gasteiger partial charge in [0.25, 0.3) is 5.91 Å². The van der Waals surface area contributed by atoms with Gasteiger partial charge < -0.3 is 15.2 Å². The first-order valence-electron chi connectivity index (χ1n) is 7.34. The number of amides is 1. The molecule has 3 N–H and O–H groups in total. The van der Waals surface area contributed by atoms with Gasteiger partial charge in [0.2, 0.25) is 0 Å². The number of nitrogens with one attached hydrogen (secondary N) is 2. The lowest BCUT2D eigenvalue weighted by Crippen LogP contribution is -2.34. The maximum absolute atomic E-state index is 12.5. The molecule has 24 heavy (non-hydrogen) atoms. The number of halogens is 1. The van der Waals surface area contributed by atoms with Gasteiger partial charge in [0.05, 0.1) is 17.9 Å². The highest BCUT2D eigenvalue weighted by atomic mass is 79.9. The van der Waals surface area contributed by atoms with E-state index in [1.54, 1.807) is 36.4 Å². The summed E-state index contributed by atoms with van der Waals surface area (Å²) in [7, 11) is 0. The molecule has 2 aromatic rings. The molecule has 0 aliphatic carbocycles. The monoisotopic (exact) mass is 408 g/mol. The van der Waals surface area contributed by atoms with Crippen LogP contribution in [0.5, 0.6) is 11.5 Å². The average molecular weight is 409 g/mol. The second-order valence-electron chi connectivity index (χ2n) is 4.91. The first kappa shape index (κ1) is 18.2. The van der Waals surface area contributed by atoms with Crippen LogP contribution in [0, 0.1) is 0 Å². The average Bonchev–Trinajstić information content (AvgIpc) is 2.55. The second-order valence-corrected chi connectivity index (χ2v) is 6.24. The molecule has 0 aromatic heterocycles. The summed E-state index contributed by atoms with van der Waals surface area (Å²) < 4.78 is 6.36. The fourth-order valence-electron chi connectivity index (χ4n) is 1.92. The molecule has 2 rings (SSSR count). The van der Waals surface area contributed by atoms with E-state index in [9.17, 15) is 9.90 Å². The molecule has 2 aromatic carbocycles. The number of ether oxygens (including phenoxy) is 1. The zero-order valence-corrected chi connectivity index (χ0v) is 15.4. The number of anilines is 1. The largest absolute Gasteiger partial charge is 0.506 e. The number of rotatable bonds is 5. The van der Waals surface area contributed by atoms with E-state index in [1.807, 2.05) is 6.92 Å². The van der Waals surface area contributed by atoms with Gasteiger partial charge in [-0.05, 0) is 49.0 Å². The Kier molecular flexibility index (Phi) is 6.57. The van der Waals surface area contributed by atoms with Gasteiger partial charge in [-0.1, -0.05) is 35.0 Å². The normalized spacial score (nSPS) is 10.1. The summed E-state index contributed by atoms with van der Waals surface area (Å²) >= 11 is 8.47. The number of benzene rings is 2. The maximum Gasteiger partial charge on any atom is 0.261 e. The summed E-state index contributed by atoms with van der Waals surface area (Å²) in [5.41, 5.74) is 0.791.